The molecule has 0 bridgehead atoms. The summed E-state index contributed by atoms with van der Waals surface area (Å²) in [5, 5.41) is 0. The maximum atomic E-state index is 13.6. The van der Waals surface area contributed by atoms with Gasteiger partial charge in [0.25, 0.3) is 0 Å². The molecule has 0 spiro atoms. The predicted octanol–water partition coefficient (Wildman–Crippen LogP) is 5.26. The molecule has 6 nitrogen and oxygen atoms in total. The second kappa shape index (κ2) is 9.50. The summed E-state index contributed by atoms with van der Waals surface area (Å²) in [5.74, 6) is 1.02. The summed E-state index contributed by atoms with van der Waals surface area (Å²) in [5.41, 5.74) is 0.163. The summed E-state index contributed by atoms with van der Waals surface area (Å²) in [7, 11) is -0.278. The number of methoxy groups -OCH3 is 1. The number of allylic oxidation sites excluding steroid dienone is 2. The van der Waals surface area contributed by atoms with E-state index in [2.05, 4.69) is 19.6 Å². The van der Waals surface area contributed by atoms with Crippen LogP contribution in [0.1, 0.15) is 24.0 Å². The molecule has 0 saturated carbocycles. The van der Waals surface area contributed by atoms with Gasteiger partial charge in [-0.3, -0.25) is 9.59 Å². The zero-order chi connectivity index (χ0) is 24.3. The van der Waals surface area contributed by atoms with Crippen molar-refractivity contribution in [1.82, 2.24) is 0 Å². The summed E-state index contributed by atoms with van der Waals surface area (Å²) in [6.07, 6.45) is 3.05. The first-order valence-corrected chi connectivity index (χ1v) is 14.8. The van der Waals surface area contributed by atoms with Crippen LogP contribution in [0.3, 0.4) is 0 Å². The molecule has 2 aromatic carbocycles. The van der Waals surface area contributed by atoms with E-state index < -0.39 is 25.8 Å². The number of benzene rings is 2. The Labute approximate surface area is 201 Å². The van der Waals surface area contributed by atoms with Crippen LogP contribution in [0.5, 0.6) is 5.75 Å². The summed E-state index contributed by atoms with van der Waals surface area (Å²) in [6.45, 7) is 6.39. The van der Waals surface area contributed by atoms with Crippen molar-refractivity contribution in [3.05, 3.63) is 83.6 Å². The minimum absolute atomic E-state index is 0.0957. The highest BCUT2D eigenvalue weighted by Gasteiger charge is 2.57. The number of ketones is 1. The lowest BCUT2D eigenvalue weighted by Gasteiger charge is -2.42. The molecule has 0 N–H and O–H groups in total. The van der Waals surface area contributed by atoms with Crippen LogP contribution in [0, 0.1) is 5.41 Å². The van der Waals surface area contributed by atoms with E-state index in [1.54, 1.807) is 19.2 Å². The molecule has 1 heterocycles. The Hall–Kier alpha value is -3.32. The molecular weight excluding hydrogens is 448 g/mol. The molecule has 2 atom stereocenters. The van der Waals surface area contributed by atoms with Gasteiger partial charge in [0.1, 0.15) is 24.2 Å². The van der Waals surface area contributed by atoms with Gasteiger partial charge < -0.3 is 18.6 Å². The van der Waals surface area contributed by atoms with Gasteiger partial charge in [-0.2, -0.15) is 0 Å². The summed E-state index contributed by atoms with van der Waals surface area (Å²) >= 11 is 0. The first-order chi connectivity index (χ1) is 16.2. The van der Waals surface area contributed by atoms with E-state index in [9.17, 15) is 9.59 Å². The van der Waals surface area contributed by atoms with Crippen LogP contribution in [-0.4, -0.2) is 33.3 Å². The van der Waals surface area contributed by atoms with Crippen LogP contribution in [0.2, 0.25) is 19.6 Å². The third kappa shape index (κ3) is 4.94. The van der Waals surface area contributed by atoms with E-state index in [1.165, 1.54) is 6.08 Å². The third-order valence-electron chi connectivity index (χ3n) is 5.95. The van der Waals surface area contributed by atoms with Crippen molar-refractivity contribution < 1.29 is 28.2 Å². The SMILES string of the molecule is COc1ccc(C2=CC(=O)[C@]3(C(=O)OCc4ccccc4)CC=C(O[Si](C)(C)C)C[C@@H]3O2)cc1. The second-order valence-corrected chi connectivity index (χ2v) is 14.0. The van der Waals surface area contributed by atoms with Crippen molar-refractivity contribution in [2.45, 2.75) is 45.2 Å². The Balaban J connectivity index is 1.64. The standard InChI is InChI=1S/C27H30O6Si/c1-30-21-12-10-20(11-13-21)23-17-24(28)27(26(29)31-18-19-8-6-5-7-9-19)15-14-22(16-25(27)32-23)33-34(2,3)4/h5-14,17,25H,15-16,18H2,1-4H3/t25-,27+/m0/s1. The molecular formula is C27H30O6Si. The molecule has 2 aromatic rings. The van der Waals surface area contributed by atoms with Gasteiger partial charge in [-0.25, -0.2) is 0 Å². The predicted molar refractivity (Wildman–Crippen MR) is 131 cm³/mol. The summed E-state index contributed by atoms with van der Waals surface area (Å²) in [6, 6.07) is 16.7. The topological polar surface area (TPSA) is 71.1 Å². The Morgan fingerprint density at radius 1 is 1.09 bits per heavy atom. The molecule has 2 aliphatic rings. The molecule has 0 unspecified atom stereocenters. The number of ether oxygens (including phenoxy) is 3. The van der Waals surface area contributed by atoms with Gasteiger partial charge in [-0.05, 0) is 62.0 Å². The van der Waals surface area contributed by atoms with Crippen molar-refractivity contribution in [2.24, 2.45) is 5.41 Å². The number of hydrogen-bond acceptors (Lipinski definition) is 6. The molecule has 0 aromatic heterocycles. The fourth-order valence-corrected chi connectivity index (χ4v) is 5.19. The number of carbonyl (C=O) groups excluding carboxylic acids is 2. The molecule has 0 radical (unpaired) electrons. The summed E-state index contributed by atoms with van der Waals surface area (Å²) in [4.78, 5) is 27.0. The van der Waals surface area contributed by atoms with Gasteiger partial charge in [-0.1, -0.05) is 30.3 Å². The van der Waals surface area contributed by atoms with Crippen molar-refractivity contribution in [2.75, 3.05) is 7.11 Å². The van der Waals surface area contributed by atoms with E-state index in [0.717, 1.165) is 16.9 Å². The van der Waals surface area contributed by atoms with Crippen molar-refractivity contribution in [1.29, 1.82) is 0 Å². The lowest BCUT2D eigenvalue weighted by Crippen LogP contribution is -2.54. The number of fused-ring (bicyclic) bond motifs is 1. The molecule has 0 fully saturated rings. The van der Waals surface area contributed by atoms with E-state index in [4.69, 9.17) is 18.6 Å². The average molecular weight is 479 g/mol. The van der Waals surface area contributed by atoms with Crippen LogP contribution < -0.4 is 4.74 Å². The van der Waals surface area contributed by atoms with Crippen LogP contribution in [0.4, 0.5) is 0 Å². The van der Waals surface area contributed by atoms with Gasteiger partial charge in [0.05, 0.1) is 12.9 Å². The minimum Gasteiger partial charge on any atom is -0.547 e. The Bertz CT molecular complexity index is 1110. The molecule has 1 aliphatic heterocycles. The van der Waals surface area contributed by atoms with Gasteiger partial charge in [0.15, 0.2) is 11.2 Å². The van der Waals surface area contributed by atoms with Gasteiger partial charge in [0.2, 0.25) is 8.32 Å². The van der Waals surface area contributed by atoms with Crippen LogP contribution in [0.25, 0.3) is 5.76 Å². The van der Waals surface area contributed by atoms with E-state index in [0.29, 0.717) is 17.9 Å². The zero-order valence-corrected chi connectivity index (χ0v) is 21.0. The van der Waals surface area contributed by atoms with E-state index >= 15 is 0 Å². The first kappa shape index (κ1) is 23.8. The lowest BCUT2D eigenvalue weighted by molar-refractivity contribution is -0.170. The maximum absolute atomic E-state index is 13.6. The highest BCUT2D eigenvalue weighted by molar-refractivity contribution is 6.70. The van der Waals surface area contributed by atoms with Crippen molar-refractivity contribution in [3.63, 3.8) is 0 Å². The third-order valence-corrected chi connectivity index (χ3v) is 6.82. The molecule has 1 aliphatic carbocycles. The summed E-state index contributed by atoms with van der Waals surface area (Å²) < 4.78 is 23.4. The Morgan fingerprint density at radius 2 is 1.79 bits per heavy atom. The Kier molecular flexibility index (Phi) is 6.66. The number of carbonyl (C=O) groups is 2. The molecule has 0 saturated heterocycles. The van der Waals surface area contributed by atoms with Crippen LogP contribution >= 0.6 is 0 Å². The highest BCUT2D eigenvalue weighted by atomic mass is 28.4. The smallest absolute Gasteiger partial charge is 0.324 e. The van der Waals surface area contributed by atoms with Crippen molar-refractivity contribution in [3.8, 4) is 5.75 Å². The van der Waals surface area contributed by atoms with E-state index in [1.807, 2.05) is 48.5 Å². The van der Waals surface area contributed by atoms with E-state index in [-0.39, 0.29) is 18.8 Å². The highest BCUT2D eigenvalue weighted by Crippen LogP contribution is 2.46. The second-order valence-electron chi connectivity index (χ2n) is 9.53. The number of rotatable bonds is 7. The van der Waals surface area contributed by atoms with Gasteiger partial charge >= 0.3 is 5.97 Å². The van der Waals surface area contributed by atoms with Crippen LogP contribution in [-0.2, 0) is 30.1 Å². The minimum atomic E-state index is -1.87. The fourth-order valence-electron chi connectivity index (χ4n) is 4.23. The first-order valence-electron chi connectivity index (χ1n) is 11.4. The Morgan fingerprint density at radius 3 is 2.44 bits per heavy atom. The molecule has 34 heavy (non-hydrogen) atoms. The zero-order valence-electron chi connectivity index (χ0n) is 20.0. The normalized spacial score (nSPS) is 22.0. The van der Waals surface area contributed by atoms with Gasteiger partial charge in [-0.15, -0.1) is 0 Å². The number of esters is 1. The number of hydrogen-bond donors (Lipinski definition) is 0. The quantitative estimate of drug-likeness (QED) is 0.307. The largest absolute Gasteiger partial charge is 0.547 e. The fraction of sp³-hybridized carbons (Fsp3) is 0.333. The lowest BCUT2D eigenvalue weighted by atomic mass is 9.69. The monoisotopic (exact) mass is 478 g/mol. The van der Waals surface area contributed by atoms with Gasteiger partial charge in [0, 0.05) is 18.1 Å². The molecule has 7 heteroatoms. The molecule has 4 rings (SSSR count). The van der Waals surface area contributed by atoms with Crippen molar-refractivity contribution >= 4 is 25.8 Å². The average Bonchev–Trinajstić information content (AvgIpc) is 2.82. The van der Waals surface area contributed by atoms with Crippen LogP contribution in [0.15, 0.2) is 72.5 Å². The maximum Gasteiger partial charge on any atom is 0.324 e. The molecule has 0 amide bonds. The molecule has 178 valence electrons.